The first kappa shape index (κ1) is 26.2. The van der Waals surface area contributed by atoms with Crippen LogP contribution in [-0.4, -0.2) is 65.9 Å². The van der Waals surface area contributed by atoms with Gasteiger partial charge in [-0.05, 0) is 57.6 Å². The Morgan fingerprint density at radius 1 is 1.21 bits per heavy atom. The molecule has 0 bridgehead atoms. The van der Waals surface area contributed by atoms with Gasteiger partial charge in [0.1, 0.15) is 17.7 Å². The molecule has 4 aliphatic rings. The molecule has 38 heavy (non-hydrogen) atoms. The number of nitrogens with zero attached hydrogens (tertiary/aromatic N) is 3. The molecule has 2 aliphatic heterocycles. The molecule has 2 aromatic rings. The van der Waals surface area contributed by atoms with Gasteiger partial charge in [0.25, 0.3) is 0 Å². The topological polar surface area (TPSA) is 75.1 Å². The normalized spacial score (nSPS) is 28.9. The maximum atomic E-state index is 11.5. The molecule has 1 aromatic carbocycles. The van der Waals surface area contributed by atoms with Crippen LogP contribution in [0.1, 0.15) is 62.7 Å². The molecule has 0 amide bonds. The Bertz CT molecular complexity index is 1210. The van der Waals surface area contributed by atoms with Crippen LogP contribution in [0.15, 0.2) is 30.5 Å². The number of benzene rings is 1. The smallest absolute Gasteiger partial charge is 0.309 e. The van der Waals surface area contributed by atoms with Crippen LogP contribution in [0.5, 0.6) is 5.75 Å². The molecule has 2 aliphatic carbocycles. The highest BCUT2D eigenvalue weighted by Crippen LogP contribution is 2.47. The van der Waals surface area contributed by atoms with Crippen molar-refractivity contribution < 1.29 is 19.4 Å². The highest BCUT2D eigenvalue weighted by Gasteiger charge is 2.50. The number of ether oxygens (including phenoxy) is 2. The number of morpholine rings is 1. The van der Waals surface area contributed by atoms with E-state index in [0.717, 1.165) is 56.2 Å². The quantitative estimate of drug-likeness (QED) is 0.438. The third-order valence-corrected chi connectivity index (χ3v) is 9.45. The fourth-order valence-electron chi connectivity index (χ4n) is 6.16. The second-order valence-electron chi connectivity index (χ2n) is 11.8. The molecule has 1 aromatic heterocycles. The van der Waals surface area contributed by atoms with Crippen LogP contribution < -0.4 is 9.64 Å². The highest BCUT2D eigenvalue weighted by atomic mass is 35.5. The first-order valence-electron chi connectivity index (χ1n) is 13.7. The van der Waals surface area contributed by atoms with Gasteiger partial charge in [0.15, 0.2) is 0 Å². The van der Waals surface area contributed by atoms with E-state index >= 15 is 0 Å². The maximum Gasteiger partial charge on any atom is 0.309 e. The molecule has 9 heteroatoms. The number of carboxylic acids is 1. The van der Waals surface area contributed by atoms with Crippen molar-refractivity contribution in [2.75, 3.05) is 37.7 Å². The fourth-order valence-corrected chi connectivity index (χ4v) is 6.72. The summed E-state index contributed by atoms with van der Waals surface area (Å²) in [5.41, 5.74) is 1.51. The van der Waals surface area contributed by atoms with E-state index in [9.17, 15) is 9.90 Å². The van der Waals surface area contributed by atoms with Crippen molar-refractivity contribution in [2.45, 2.75) is 63.7 Å². The van der Waals surface area contributed by atoms with E-state index in [1.165, 1.54) is 18.4 Å². The van der Waals surface area contributed by atoms with E-state index < -0.39 is 11.4 Å². The Hall–Kier alpha value is -2.06. The number of halogens is 2. The summed E-state index contributed by atoms with van der Waals surface area (Å²) in [6.07, 6.45) is 5.73. The van der Waals surface area contributed by atoms with E-state index in [1.54, 1.807) is 6.07 Å². The number of rotatable bonds is 8. The Morgan fingerprint density at radius 2 is 1.97 bits per heavy atom. The molecule has 2 saturated heterocycles. The zero-order valence-electron chi connectivity index (χ0n) is 21.9. The van der Waals surface area contributed by atoms with Crippen molar-refractivity contribution in [2.24, 2.45) is 11.3 Å². The van der Waals surface area contributed by atoms with E-state index in [2.05, 4.69) is 15.9 Å². The summed E-state index contributed by atoms with van der Waals surface area (Å²) < 4.78 is 12.6. The molecule has 0 spiro atoms. The number of carboxylic acid groups (broad SMARTS) is 1. The lowest BCUT2D eigenvalue weighted by atomic mass is 9.66. The third kappa shape index (κ3) is 5.10. The molecule has 1 N–H and O–H groups in total. The zero-order chi connectivity index (χ0) is 26.6. The standard InChI is InChI=1S/C29H35Cl2N3O4/c1-17(22-6-5-20(30)9-24(22)31)38-25-10-27(32-13-23(25)18-3-4-18)34-14-19(15-34)26-16-33(7-8-37-26)21-11-29(2,12-21)28(35)36/h5-6,9-10,13,17-19,21,26H,3-4,7-8,11-12,14-16H2,1-2H3,(H,35,36)/t17-,21?,26+,29?/m1/s1. The summed E-state index contributed by atoms with van der Waals surface area (Å²) >= 11 is 12.5. The van der Waals surface area contributed by atoms with Crippen molar-refractivity contribution in [3.05, 3.63) is 51.6 Å². The van der Waals surface area contributed by atoms with Crippen LogP contribution >= 0.6 is 23.2 Å². The summed E-state index contributed by atoms with van der Waals surface area (Å²) in [5, 5.41) is 10.7. The molecule has 7 nitrogen and oxygen atoms in total. The van der Waals surface area contributed by atoms with Crippen LogP contribution in [-0.2, 0) is 9.53 Å². The molecule has 0 unspecified atom stereocenters. The van der Waals surface area contributed by atoms with Crippen molar-refractivity contribution in [3.63, 3.8) is 0 Å². The number of carbonyl (C=O) groups is 1. The van der Waals surface area contributed by atoms with E-state index in [0.29, 0.717) is 34.5 Å². The third-order valence-electron chi connectivity index (χ3n) is 8.89. The molecule has 6 rings (SSSR count). The summed E-state index contributed by atoms with van der Waals surface area (Å²) in [6, 6.07) is 7.95. The Kier molecular flexibility index (Phi) is 7.00. The maximum absolute atomic E-state index is 11.5. The number of pyridine rings is 1. The predicted octanol–water partition coefficient (Wildman–Crippen LogP) is 5.80. The highest BCUT2D eigenvalue weighted by molar-refractivity contribution is 6.35. The molecule has 4 fully saturated rings. The summed E-state index contributed by atoms with van der Waals surface area (Å²) in [4.78, 5) is 21.0. The lowest BCUT2D eigenvalue weighted by Gasteiger charge is -2.52. The Balaban J connectivity index is 1.09. The van der Waals surface area contributed by atoms with Gasteiger partial charge in [-0.2, -0.15) is 0 Å². The monoisotopic (exact) mass is 559 g/mol. The van der Waals surface area contributed by atoms with Crippen molar-refractivity contribution in [1.29, 1.82) is 0 Å². The molecule has 0 radical (unpaired) electrons. The molecule has 204 valence electrons. The summed E-state index contributed by atoms with van der Waals surface area (Å²) in [7, 11) is 0. The Labute approximate surface area is 234 Å². The SMILES string of the molecule is C[C@@H](Oc1cc(N2CC([C@@H]3CN(C4CC(C)(C(=O)O)C4)CCO3)C2)ncc1C1CC1)c1ccc(Cl)cc1Cl. The molecular formula is C29H35Cl2N3O4. The van der Waals surface area contributed by atoms with Gasteiger partial charge >= 0.3 is 5.97 Å². The van der Waals surface area contributed by atoms with Gasteiger partial charge in [0.2, 0.25) is 0 Å². The number of anilines is 1. The van der Waals surface area contributed by atoms with Gasteiger partial charge in [0, 0.05) is 71.6 Å². The molecule has 2 saturated carbocycles. The van der Waals surface area contributed by atoms with Crippen molar-refractivity contribution in [1.82, 2.24) is 9.88 Å². The number of hydrogen-bond donors (Lipinski definition) is 1. The average molecular weight is 561 g/mol. The number of aliphatic carboxylic acids is 1. The van der Waals surface area contributed by atoms with Gasteiger partial charge < -0.3 is 19.5 Å². The van der Waals surface area contributed by atoms with Crippen LogP contribution in [0, 0.1) is 11.3 Å². The van der Waals surface area contributed by atoms with Gasteiger partial charge in [-0.25, -0.2) is 4.98 Å². The first-order valence-corrected chi connectivity index (χ1v) is 14.4. The largest absolute Gasteiger partial charge is 0.485 e. The zero-order valence-corrected chi connectivity index (χ0v) is 23.4. The van der Waals surface area contributed by atoms with Crippen molar-refractivity contribution >= 4 is 35.0 Å². The lowest BCUT2D eigenvalue weighted by molar-refractivity contribution is -0.161. The second-order valence-corrected chi connectivity index (χ2v) is 12.6. The minimum absolute atomic E-state index is 0.171. The van der Waals surface area contributed by atoms with Gasteiger partial charge in [-0.1, -0.05) is 29.3 Å². The van der Waals surface area contributed by atoms with E-state index in [4.69, 9.17) is 37.7 Å². The van der Waals surface area contributed by atoms with Crippen LogP contribution in [0.3, 0.4) is 0 Å². The average Bonchev–Trinajstić information content (AvgIpc) is 3.66. The number of aromatic nitrogens is 1. The summed E-state index contributed by atoms with van der Waals surface area (Å²) in [5.74, 6) is 2.08. The first-order chi connectivity index (χ1) is 18.2. The van der Waals surface area contributed by atoms with Crippen LogP contribution in [0.2, 0.25) is 10.0 Å². The van der Waals surface area contributed by atoms with Gasteiger partial charge in [-0.3, -0.25) is 9.69 Å². The number of hydrogen-bond acceptors (Lipinski definition) is 6. The minimum atomic E-state index is -0.678. The lowest BCUT2D eigenvalue weighted by Crippen LogP contribution is -2.61. The van der Waals surface area contributed by atoms with Crippen molar-refractivity contribution in [3.8, 4) is 5.75 Å². The summed E-state index contributed by atoms with van der Waals surface area (Å²) in [6.45, 7) is 8.12. The van der Waals surface area contributed by atoms with E-state index in [-0.39, 0.29) is 12.2 Å². The van der Waals surface area contributed by atoms with E-state index in [1.807, 2.05) is 32.2 Å². The minimum Gasteiger partial charge on any atom is -0.485 e. The predicted molar refractivity (Wildman–Crippen MR) is 147 cm³/mol. The van der Waals surface area contributed by atoms with Crippen LogP contribution in [0.25, 0.3) is 0 Å². The Morgan fingerprint density at radius 3 is 2.66 bits per heavy atom. The fraction of sp³-hybridized carbons (Fsp3) is 0.586. The van der Waals surface area contributed by atoms with Crippen LogP contribution in [0.4, 0.5) is 5.82 Å². The van der Waals surface area contributed by atoms with Gasteiger partial charge in [-0.15, -0.1) is 0 Å². The second kappa shape index (κ2) is 10.2. The molecule has 3 heterocycles. The van der Waals surface area contributed by atoms with Gasteiger partial charge in [0.05, 0.1) is 18.1 Å². The molecule has 2 atom stereocenters. The molecular weight excluding hydrogens is 525 g/mol.